The molecule has 3 rings (SSSR count). The Morgan fingerprint density at radius 2 is 2.12 bits per heavy atom. The van der Waals surface area contributed by atoms with Crippen LogP contribution >= 0.6 is 11.6 Å². The monoisotopic (exact) mass is 357 g/mol. The van der Waals surface area contributed by atoms with Gasteiger partial charge >= 0.3 is 6.18 Å². The van der Waals surface area contributed by atoms with E-state index in [0.29, 0.717) is 12.2 Å². The van der Waals surface area contributed by atoms with Gasteiger partial charge in [-0.1, -0.05) is 24.6 Å². The Hall–Kier alpha value is -1.86. The summed E-state index contributed by atoms with van der Waals surface area (Å²) in [5.74, 6) is 0.126. The number of rotatable bonds is 3. The first kappa shape index (κ1) is 17.0. The van der Waals surface area contributed by atoms with Crippen LogP contribution in [0, 0.1) is 0 Å². The summed E-state index contributed by atoms with van der Waals surface area (Å²) in [6, 6.07) is 7.14. The third kappa shape index (κ3) is 3.47. The Morgan fingerprint density at radius 3 is 2.75 bits per heavy atom. The quantitative estimate of drug-likeness (QED) is 0.760. The van der Waals surface area contributed by atoms with E-state index in [4.69, 9.17) is 16.3 Å². The molecule has 0 N–H and O–H groups in total. The number of pyridine rings is 2. The molecule has 0 saturated carbocycles. The lowest BCUT2D eigenvalue weighted by molar-refractivity contribution is -0.137. The van der Waals surface area contributed by atoms with Gasteiger partial charge in [0.05, 0.1) is 17.4 Å². The van der Waals surface area contributed by atoms with E-state index in [1.165, 1.54) is 0 Å². The molecule has 4 nitrogen and oxygen atoms in total. The zero-order chi connectivity index (χ0) is 17.3. The van der Waals surface area contributed by atoms with Crippen LogP contribution in [-0.4, -0.2) is 22.6 Å². The van der Waals surface area contributed by atoms with Crippen molar-refractivity contribution < 1.29 is 17.9 Å². The molecule has 8 heteroatoms. The molecular weight excluding hydrogens is 343 g/mol. The highest BCUT2D eigenvalue weighted by atomic mass is 35.5. The lowest BCUT2D eigenvalue weighted by Gasteiger charge is -2.24. The molecule has 0 bridgehead atoms. The van der Waals surface area contributed by atoms with Crippen molar-refractivity contribution in [1.29, 1.82) is 0 Å². The van der Waals surface area contributed by atoms with Gasteiger partial charge < -0.3 is 9.64 Å². The minimum Gasteiger partial charge on any atom is -0.347 e. The summed E-state index contributed by atoms with van der Waals surface area (Å²) in [7, 11) is 0. The fourth-order valence-electron chi connectivity index (χ4n) is 2.60. The first-order valence-corrected chi connectivity index (χ1v) is 7.84. The maximum atomic E-state index is 13.0. The molecule has 1 saturated heterocycles. The zero-order valence-corrected chi connectivity index (χ0v) is 13.6. The molecule has 128 valence electrons. The van der Waals surface area contributed by atoms with E-state index in [0.717, 1.165) is 18.6 Å². The Kier molecular flexibility index (Phi) is 4.64. The van der Waals surface area contributed by atoms with Crippen molar-refractivity contribution in [1.82, 2.24) is 9.97 Å². The average Bonchev–Trinajstić information content (AvgIpc) is 2.99. The molecule has 0 aliphatic carbocycles. The maximum Gasteiger partial charge on any atom is 0.416 e. The molecule has 0 radical (unpaired) electrons. The zero-order valence-electron chi connectivity index (χ0n) is 12.8. The Bertz CT molecular complexity index is 711. The van der Waals surface area contributed by atoms with Crippen LogP contribution in [0.1, 0.15) is 30.8 Å². The van der Waals surface area contributed by atoms with Gasteiger partial charge in [0.25, 0.3) is 0 Å². The van der Waals surface area contributed by atoms with Crippen LogP contribution in [0.4, 0.5) is 19.0 Å². The summed E-state index contributed by atoms with van der Waals surface area (Å²) in [5, 5.41) is -0.209. The molecule has 2 unspecified atom stereocenters. The fourth-order valence-corrected chi connectivity index (χ4v) is 2.80. The molecular formula is C16H15ClF3N3O. The van der Waals surface area contributed by atoms with Crippen LogP contribution in [0.2, 0.25) is 5.15 Å². The second kappa shape index (κ2) is 6.57. The van der Waals surface area contributed by atoms with Gasteiger partial charge in [0.15, 0.2) is 6.23 Å². The molecule has 0 aromatic carbocycles. The summed E-state index contributed by atoms with van der Waals surface area (Å²) < 4.78 is 45.1. The molecule has 2 aromatic rings. The van der Waals surface area contributed by atoms with E-state index in [1.807, 2.05) is 6.92 Å². The summed E-state index contributed by atoms with van der Waals surface area (Å²) in [6.45, 7) is 2.37. The Balaban J connectivity index is 2.01. The number of hydrogen-bond donors (Lipinski definition) is 0. The number of hydrogen-bond acceptors (Lipinski definition) is 4. The van der Waals surface area contributed by atoms with E-state index in [1.54, 1.807) is 29.3 Å². The van der Waals surface area contributed by atoms with Gasteiger partial charge in [-0.25, -0.2) is 4.98 Å². The van der Waals surface area contributed by atoms with Gasteiger partial charge in [-0.3, -0.25) is 4.98 Å². The van der Waals surface area contributed by atoms with Gasteiger partial charge in [0.1, 0.15) is 11.0 Å². The van der Waals surface area contributed by atoms with E-state index in [2.05, 4.69) is 9.97 Å². The molecule has 2 aromatic heterocycles. The molecule has 3 heterocycles. The number of alkyl halides is 3. The van der Waals surface area contributed by atoms with Crippen molar-refractivity contribution in [2.45, 2.75) is 31.9 Å². The first-order chi connectivity index (χ1) is 11.4. The normalized spacial score (nSPS) is 21.3. The average molecular weight is 358 g/mol. The van der Waals surface area contributed by atoms with Gasteiger partial charge in [-0.05, 0) is 30.7 Å². The number of halogens is 4. The van der Waals surface area contributed by atoms with E-state index < -0.39 is 18.0 Å². The summed E-state index contributed by atoms with van der Waals surface area (Å²) in [5.41, 5.74) is -0.221. The number of aromatic nitrogens is 2. The van der Waals surface area contributed by atoms with E-state index >= 15 is 0 Å². The van der Waals surface area contributed by atoms with Gasteiger partial charge in [0, 0.05) is 12.7 Å². The van der Waals surface area contributed by atoms with Crippen LogP contribution in [0.25, 0.3) is 0 Å². The van der Waals surface area contributed by atoms with Crippen molar-refractivity contribution >= 4 is 17.4 Å². The van der Waals surface area contributed by atoms with Crippen LogP contribution in [0.15, 0.2) is 36.5 Å². The van der Waals surface area contributed by atoms with Gasteiger partial charge in [0.2, 0.25) is 0 Å². The van der Waals surface area contributed by atoms with Gasteiger partial charge in [-0.15, -0.1) is 0 Å². The highest BCUT2D eigenvalue weighted by Gasteiger charge is 2.37. The SMILES string of the molecule is CCC1CN(c2cc(C(F)(F)F)cc(Cl)n2)C(c2ccccn2)O1. The van der Waals surface area contributed by atoms with Crippen LogP contribution in [-0.2, 0) is 10.9 Å². The minimum absolute atomic E-state index is 0.118. The standard InChI is InChI=1S/C16H15ClF3N3O/c1-2-11-9-23(15(24-11)12-5-3-4-6-21-12)14-8-10(16(18,19)20)7-13(17)22-14/h3-8,11,15H,2,9H2,1H3. The van der Waals surface area contributed by atoms with Crippen molar-refractivity contribution in [2.75, 3.05) is 11.4 Å². The predicted molar refractivity (Wildman–Crippen MR) is 83.7 cm³/mol. The summed E-state index contributed by atoms with van der Waals surface area (Å²) in [6.07, 6.45) is -2.86. The second-order valence-electron chi connectivity index (χ2n) is 5.46. The van der Waals surface area contributed by atoms with Gasteiger partial charge in [-0.2, -0.15) is 13.2 Å². The topological polar surface area (TPSA) is 38.2 Å². The minimum atomic E-state index is -4.49. The molecule has 0 spiro atoms. The van der Waals surface area contributed by atoms with Crippen LogP contribution in [0.3, 0.4) is 0 Å². The van der Waals surface area contributed by atoms with Crippen molar-refractivity contribution in [3.8, 4) is 0 Å². The highest BCUT2D eigenvalue weighted by molar-refractivity contribution is 6.29. The molecule has 1 aliphatic rings. The lowest BCUT2D eigenvalue weighted by atomic mass is 10.2. The third-order valence-electron chi connectivity index (χ3n) is 3.80. The Labute approximate surface area is 142 Å². The molecule has 1 fully saturated rings. The largest absolute Gasteiger partial charge is 0.416 e. The first-order valence-electron chi connectivity index (χ1n) is 7.46. The van der Waals surface area contributed by atoms with Crippen molar-refractivity contribution in [3.63, 3.8) is 0 Å². The van der Waals surface area contributed by atoms with Crippen LogP contribution in [0.5, 0.6) is 0 Å². The Morgan fingerprint density at radius 1 is 1.33 bits per heavy atom. The molecule has 1 aliphatic heterocycles. The lowest BCUT2D eigenvalue weighted by Crippen LogP contribution is -2.26. The number of nitrogens with zero attached hydrogens (tertiary/aromatic N) is 3. The smallest absolute Gasteiger partial charge is 0.347 e. The van der Waals surface area contributed by atoms with E-state index in [-0.39, 0.29) is 17.1 Å². The predicted octanol–water partition coefficient (Wildman–Crippen LogP) is 4.46. The summed E-state index contributed by atoms with van der Waals surface area (Å²) >= 11 is 5.80. The third-order valence-corrected chi connectivity index (χ3v) is 4.00. The molecule has 2 atom stereocenters. The second-order valence-corrected chi connectivity index (χ2v) is 5.85. The van der Waals surface area contributed by atoms with Crippen molar-refractivity contribution in [2.24, 2.45) is 0 Å². The van der Waals surface area contributed by atoms with Crippen molar-refractivity contribution in [3.05, 3.63) is 52.9 Å². The summed E-state index contributed by atoms with van der Waals surface area (Å²) in [4.78, 5) is 9.97. The van der Waals surface area contributed by atoms with E-state index in [9.17, 15) is 13.2 Å². The molecule has 0 amide bonds. The highest BCUT2D eigenvalue weighted by Crippen LogP contribution is 2.38. The van der Waals surface area contributed by atoms with Crippen LogP contribution < -0.4 is 4.90 Å². The number of anilines is 1. The fraction of sp³-hybridized carbons (Fsp3) is 0.375. The molecule has 24 heavy (non-hydrogen) atoms. The maximum absolute atomic E-state index is 13.0. The number of ether oxygens (including phenoxy) is 1.